The third kappa shape index (κ3) is 4.46. The summed E-state index contributed by atoms with van der Waals surface area (Å²) < 4.78 is 9.20. The van der Waals surface area contributed by atoms with Crippen LogP contribution in [0.4, 0.5) is 5.69 Å². The Bertz CT molecular complexity index is 1100. The first-order valence-electron chi connectivity index (χ1n) is 10.9. The molecule has 5 nitrogen and oxygen atoms in total. The fourth-order valence-corrected chi connectivity index (χ4v) is 5.34. The fraction of sp³-hybridized carbons (Fsp3) is 0.440. The first kappa shape index (κ1) is 23.2. The Morgan fingerprint density at radius 1 is 1.19 bits per heavy atom. The molecule has 3 aromatic rings. The van der Waals surface area contributed by atoms with Crippen LogP contribution in [0.25, 0.3) is 10.8 Å². The lowest BCUT2D eigenvalue weighted by Gasteiger charge is -2.45. The summed E-state index contributed by atoms with van der Waals surface area (Å²) in [7, 11) is -0.176. The fourth-order valence-electron chi connectivity index (χ4n) is 3.80. The van der Waals surface area contributed by atoms with E-state index in [1.54, 1.807) is 0 Å². The Hall–Kier alpha value is -2.44. The van der Waals surface area contributed by atoms with Gasteiger partial charge in [0.1, 0.15) is 5.60 Å². The van der Waals surface area contributed by atoms with Crippen LogP contribution in [0.1, 0.15) is 52.3 Å². The predicted octanol–water partition coefficient (Wildman–Crippen LogP) is 6.21. The highest BCUT2D eigenvalue weighted by Crippen LogP contribution is 2.47. The van der Waals surface area contributed by atoms with E-state index >= 15 is 0 Å². The largest absolute Gasteiger partial charge is 0.402 e. The summed E-state index contributed by atoms with van der Waals surface area (Å²) >= 11 is 0. The second-order valence-corrected chi connectivity index (χ2v) is 14.6. The van der Waals surface area contributed by atoms with E-state index in [-0.39, 0.29) is 10.9 Å². The number of hydrogen-bond donors (Lipinski definition) is 1. The number of imidazole rings is 1. The molecule has 31 heavy (non-hydrogen) atoms. The average Bonchev–Trinajstić information content (AvgIpc) is 3.11. The molecule has 1 N–H and O–H groups in total. The highest BCUT2D eigenvalue weighted by Gasteiger charge is 2.47. The molecule has 1 heterocycles. The van der Waals surface area contributed by atoms with Crippen molar-refractivity contribution in [1.82, 2.24) is 9.55 Å². The van der Waals surface area contributed by atoms with Gasteiger partial charge in [0.05, 0.1) is 12.0 Å². The number of anilines is 1. The van der Waals surface area contributed by atoms with Gasteiger partial charge in [0.25, 0.3) is 0 Å². The van der Waals surface area contributed by atoms with Crippen molar-refractivity contribution in [1.29, 1.82) is 0 Å². The number of hydrogen-bond acceptors (Lipinski definition) is 3. The Balaban J connectivity index is 2.31. The number of amides is 1. The van der Waals surface area contributed by atoms with Gasteiger partial charge in [-0.05, 0) is 53.0 Å². The van der Waals surface area contributed by atoms with Gasteiger partial charge in [0, 0.05) is 25.9 Å². The van der Waals surface area contributed by atoms with Crippen LogP contribution < -0.4 is 5.32 Å². The van der Waals surface area contributed by atoms with Crippen LogP contribution in [0.2, 0.25) is 18.1 Å². The number of aromatic nitrogens is 2. The molecule has 0 saturated heterocycles. The predicted molar refractivity (Wildman–Crippen MR) is 131 cm³/mol. The number of benzene rings is 2. The summed E-state index contributed by atoms with van der Waals surface area (Å²) in [4.78, 5) is 16.4. The topological polar surface area (TPSA) is 56.1 Å². The summed E-state index contributed by atoms with van der Waals surface area (Å²) in [6.45, 7) is 15.0. The van der Waals surface area contributed by atoms with Gasteiger partial charge in [-0.1, -0.05) is 52.0 Å². The van der Waals surface area contributed by atoms with Gasteiger partial charge in [0.15, 0.2) is 8.32 Å². The van der Waals surface area contributed by atoms with E-state index in [0.29, 0.717) is 0 Å². The zero-order valence-electron chi connectivity index (χ0n) is 20.0. The standard InChI is InChI=1S/C25H35N3O2Si/c1-9-25(23-16-28(6)17-26-23,30-31(7,8)24(3,4)5)22-12-10-11-19-13-14-20(15-21(19)22)27-18(2)29/h10-17H,9H2,1-8H3,(H,27,29). The monoisotopic (exact) mass is 437 g/mol. The SMILES string of the molecule is CCC(O[Si](C)(C)C(C)(C)C)(c1cn(C)cn1)c1cccc2ccc(NC(C)=O)cc12. The molecular formula is C25H35N3O2Si. The Morgan fingerprint density at radius 2 is 1.90 bits per heavy atom. The van der Waals surface area contributed by atoms with Crippen LogP contribution in [-0.2, 0) is 21.9 Å². The van der Waals surface area contributed by atoms with Crippen LogP contribution in [0, 0.1) is 0 Å². The highest BCUT2D eigenvalue weighted by molar-refractivity contribution is 6.74. The Labute approximate surface area is 187 Å². The van der Waals surface area contributed by atoms with Gasteiger partial charge < -0.3 is 14.3 Å². The summed E-state index contributed by atoms with van der Waals surface area (Å²) in [5.74, 6) is -0.0826. The maximum absolute atomic E-state index is 11.7. The number of fused-ring (bicyclic) bond motifs is 1. The van der Waals surface area contributed by atoms with Crippen molar-refractivity contribution in [3.05, 3.63) is 60.2 Å². The van der Waals surface area contributed by atoms with Gasteiger partial charge in [-0.15, -0.1) is 0 Å². The lowest BCUT2D eigenvalue weighted by molar-refractivity contribution is -0.114. The molecule has 0 fully saturated rings. The van der Waals surface area contributed by atoms with Crippen LogP contribution >= 0.6 is 0 Å². The van der Waals surface area contributed by atoms with Crippen molar-refractivity contribution in [3.63, 3.8) is 0 Å². The summed E-state index contributed by atoms with van der Waals surface area (Å²) in [6, 6.07) is 12.4. The van der Waals surface area contributed by atoms with Crippen LogP contribution in [0.15, 0.2) is 48.9 Å². The summed E-state index contributed by atoms with van der Waals surface area (Å²) in [6.07, 6.45) is 4.65. The van der Waals surface area contributed by atoms with Gasteiger partial charge >= 0.3 is 0 Å². The lowest BCUT2D eigenvalue weighted by Crippen LogP contribution is -2.49. The molecule has 6 heteroatoms. The number of carbonyl (C=O) groups excluding carboxylic acids is 1. The van der Waals surface area contributed by atoms with Gasteiger partial charge in [-0.2, -0.15) is 0 Å². The zero-order chi connectivity index (χ0) is 23.0. The minimum Gasteiger partial charge on any atom is -0.402 e. The number of carbonyl (C=O) groups is 1. The van der Waals surface area contributed by atoms with E-state index < -0.39 is 13.9 Å². The van der Waals surface area contributed by atoms with Crippen LogP contribution in [0.3, 0.4) is 0 Å². The molecule has 166 valence electrons. The van der Waals surface area contributed by atoms with Gasteiger partial charge in [-0.25, -0.2) is 4.98 Å². The Morgan fingerprint density at radius 3 is 2.45 bits per heavy atom. The minimum atomic E-state index is -2.16. The smallest absolute Gasteiger partial charge is 0.221 e. The maximum Gasteiger partial charge on any atom is 0.221 e. The van der Waals surface area contributed by atoms with E-state index in [2.05, 4.69) is 82.6 Å². The molecule has 1 aromatic heterocycles. The van der Waals surface area contributed by atoms with Crippen molar-refractivity contribution in [2.24, 2.45) is 7.05 Å². The van der Waals surface area contributed by atoms with Gasteiger partial charge in [0.2, 0.25) is 5.91 Å². The third-order valence-corrected chi connectivity index (χ3v) is 11.0. The molecule has 0 aliphatic carbocycles. The Kier molecular flexibility index (Phi) is 6.18. The average molecular weight is 438 g/mol. The van der Waals surface area contributed by atoms with E-state index in [1.807, 2.05) is 24.0 Å². The maximum atomic E-state index is 11.7. The second-order valence-electron chi connectivity index (χ2n) is 9.89. The molecule has 0 aliphatic rings. The van der Waals surface area contributed by atoms with E-state index in [0.717, 1.165) is 34.1 Å². The number of rotatable bonds is 6. The minimum absolute atomic E-state index is 0.0497. The molecular weight excluding hydrogens is 402 g/mol. The van der Waals surface area contributed by atoms with Gasteiger partial charge in [-0.3, -0.25) is 4.79 Å². The van der Waals surface area contributed by atoms with E-state index in [4.69, 9.17) is 9.41 Å². The molecule has 0 aliphatic heterocycles. The number of nitrogens with zero attached hydrogens (tertiary/aromatic N) is 2. The molecule has 1 atom stereocenters. The van der Waals surface area contributed by atoms with Crippen LogP contribution in [0.5, 0.6) is 0 Å². The van der Waals surface area contributed by atoms with Crippen molar-refractivity contribution in [2.75, 3.05) is 5.32 Å². The van der Waals surface area contributed by atoms with Crippen LogP contribution in [-0.4, -0.2) is 23.8 Å². The molecule has 2 aromatic carbocycles. The molecule has 0 spiro atoms. The number of aryl methyl sites for hydroxylation is 1. The first-order chi connectivity index (χ1) is 14.4. The quantitative estimate of drug-likeness (QED) is 0.467. The molecule has 0 bridgehead atoms. The van der Waals surface area contributed by atoms with Crippen molar-refractivity contribution >= 4 is 30.7 Å². The van der Waals surface area contributed by atoms with E-state index in [1.165, 1.54) is 6.92 Å². The van der Waals surface area contributed by atoms with E-state index in [9.17, 15) is 4.79 Å². The summed E-state index contributed by atoms with van der Waals surface area (Å²) in [5, 5.41) is 5.15. The molecule has 1 amide bonds. The summed E-state index contributed by atoms with van der Waals surface area (Å²) in [5.41, 5.74) is 2.10. The normalized spacial score (nSPS) is 14.5. The second kappa shape index (κ2) is 8.24. The zero-order valence-corrected chi connectivity index (χ0v) is 21.0. The van der Waals surface area contributed by atoms with Crippen molar-refractivity contribution in [2.45, 2.75) is 64.8 Å². The highest BCUT2D eigenvalue weighted by atomic mass is 28.4. The molecule has 0 radical (unpaired) electrons. The van der Waals surface area contributed by atoms with Crippen molar-refractivity contribution in [3.8, 4) is 0 Å². The molecule has 0 saturated carbocycles. The lowest BCUT2D eigenvalue weighted by atomic mass is 9.85. The van der Waals surface area contributed by atoms with Crippen molar-refractivity contribution < 1.29 is 9.22 Å². The third-order valence-electron chi connectivity index (χ3n) is 6.49. The molecule has 3 rings (SSSR count). The number of nitrogens with one attached hydrogen (secondary N) is 1. The first-order valence-corrected chi connectivity index (χ1v) is 13.8. The molecule has 1 unspecified atom stereocenters.